The topological polar surface area (TPSA) is 68.8 Å². The predicted octanol–water partition coefficient (Wildman–Crippen LogP) is 6.35. The number of nitrogens with one attached hydrogen (secondary N) is 2. The zero-order valence-electron chi connectivity index (χ0n) is 19.6. The Hall–Kier alpha value is -3.99. The summed E-state index contributed by atoms with van der Waals surface area (Å²) in [6.45, 7) is 10.5. The van der Waals surface area contributed by atoms with E-state index in [-0.39, 0.29) is 11.0 Å². The largest absolute Gasteiger partial charge is 0.329 e. The van der Waals surface area contributed by atoms with Crippen LogP contribution in [0, 0.1) is 10.8 Å². The van der Waals surface area contributed by atoms with Crippen LogP contribution in [0.4, 0.5) is 11.5 Å². The summed E-state index contributed by atoms with van der Waals surface area (Å²) >= 11 is 0. The molecule has 33 heavy (non-hydrogen) atoms. The molecule has 0 bridgehead atoms. The standard InChI is InChI=1S/C28H29N5/c1-6-19-10-15-24-25(16-19)33(18-29)27(30)31-26(24)32(5)23-9-7-8-21(17-23)20-11-13-22(14-12-20)28(2,3)4/h6-18,29-30H,1H2,2-5H3. The van der Waals surface area contributed by atoms with E-state index in [4.69, 9.17) is 10.8 Å². The van der Waals surface area contributed by atoms with Gasteiger partial charge in [-0.25, -0.2) is 0 Å². The molecule has 2 N–H and O–H groups in total. The van der Waals surface area contributed by atoms with Gasteiger partial charge >= 0.3 is 0 Å². The maximum Gasteiger partial charge on any atom is 0.229 e. The monoisotopic (exact) mass is 435 g/mol. The van der Waals surface area contributed by atoms with Gasteiger partial charge < -0.3 is 4.90 Å². The van der Waals surface area contributed by atoms with E-state index in [2.05, 4.69) is 68.7 Å². The first-order valence-corrected chi connectivity index (χ1v) is 10.9. The van der Waals surface area contributed by atoms with E-state index < -0.39 is 0 Å². The summed E-state index contributed by atoms with van der Waals surface area (Å²) in [6, 6.07) is 22.9. The van der Waals surface area contributed by atoms with Crippen LogP contribution in [0.15, 0.2) is 73.3 Å². The molecule has 4 aromatic rings. The Morgan fingerprint density at radius 3 is 2.33 bits per heavy atom. The van der Waals surface area contributed by atoms with Gasteiger partial charge in [0, 0.05) is 18.1 Å². The van der Waals surface area contributed by atoms with E-state index in [0.29, 0.717) is 5.82 Å². The lowest BCUT2D eigenvalue weighted by Gasteiger charge is -2.22. The van der Waals surface area contributed by atoms with Gasteiger partial charge in [0.05, 0.1) is 11.9 Å². The molecule has 3 aromatic carbocycles. The molecule has 0 unspecified atom stereocenters. The summed E-state index contributed by atoms with van der Waals surface area (Å²) < 4.78 is 1.47. The molecule has 0 amide bonds. The molecule has 0 aliphatic carbocycles. The van der Waals surface area contributed by atoms with Crippen molar-refractivity contribution in [1.29, 1.82) is 10.8 Å². The summed E-state index contributed by atoms with van der Waals surface area (Å²) in [5.74, 6) is 0.670. The minimum atomic E-state index is 0.00878. The van der Waals surface area contributed by atoms with Gasteiger partial charge in [0.1, 0.15) is 5.82 Å². The van der Waals surface area contributed by atoms with Gasteiger partial charge in [0.15, 0.2) is 0 Å². The van der Waals surface area contributed by atoms with Crippen molar-refractivity contribution in [3.8, 4) is 11.1 Å². The maximum atomic E-state index is 8.37. The molecule has 4 rings (SSSR count). The van der Waals surface area contributed by atoms with Crippen LogP contribution in [0.1, 0.15) is 31.9 Å². The SMILES string of the molecule is C=Cc1ccc2c(N(C)c3cccc(-c4ccc(C(C)(C)C)cc4)c3)nc(=N)n(C=N)c2c1. The molecule has 0 saturated carbocycles. The smallest absolute Gasteiger partial charge is 0.229 e. The van der Waals surface area contributed by atoms with E-state index in [1.165, 1.54) is 10.1 Å². The molecule has 0 spiro atoms. The normalized spacial score (nSPS) is 11.4. The van der Waals surface area contributed by atoms with Crippen LogP contribution in [-0.4, -0.2) is 22.9 Å². The molecule has 0 fully saturated rings. The highest BCUT2D eigenvalue weighted by Crippen LogP contribution is 2.32. The molecule has 166 valence electrons. The van der Waals surface area contributed by atoms with E-state index >= 15 is 0 Å². The fourth-order valence-corrected chi connectivity index (χ4v) is 3.96. The number of aromatic nitrogens is 2. The average molecular weight is 436 g/mol. The Morgan fingerprint density at radius 1 is 0.970 bits per heavy atom. The molecular formula is C28H29N5. The summed E-state index contributed by atoms with van der Waals surface area (Å²) in [5.41, 5.74) is 6.36. The molecule has 0 aliphatic rings. The number of hydrogen-bond donors (Lipinski definition) is 2. The second-order valence-corrected chi connectivity index (χ2v) is 9.18. The molecule has 0 saturated heterocycles. The van der Waals surface area contributed by atoms with Crippen molar-refractivity contribution in [2.24, 2.45) is 0 Å². The Bertz CT molecular complexity index is 1410. The summed E-state index contributed by atoms with van der Waals surface area (Å²) in [5, 5.41) is 17.0. The quantitative estimate of drug-likeness (QED) is 0.283. The Kier molecular flexibility index (Phi) is 5.73. The highest BCUT2D eigenvalue weighted by atomic mass is 15.2. The van der Waals surface area contributed by atoms with Crippen LogP contribution in [0.25, 0.3) is 28.1 Å². The van der Waals surface area contributed by atoms with Crippen molar-refractivity contribution in [1.82, 2.24) is 9.55 Å². The first kappa shape index (κ1) is 22.2. The predicted molar refractivity (Wildman–Crippen MR) is 139 cm³/mol. The molecule has 0 radical (unpaired) electrons. The van der Waals surface area contributed by atoms with E-state index in [1.54, 1.807) is 6.08 Å². The van der Waals surface area contributed by atoms with E-state index in [1.807, 2.05) is 42.3 Å². The first-order chi connectivity index (χ1) is 15.7. The average Bonchev–Trinajstić information content (AvgIpc) is 2.82. The van der Waals surface area contributed by atoms with Crippen molar-refractivity contribution >= 4 is 34.8 Å². The maximum absolute atomic E-state index is 8.37. The molecule has 0 atom stereocenters. The summed E-state index contributed by atoms with van der Waals surface area (Å²) in [7, 11) is 1.96. The minimum absolute atomic E-state index is 0.00878. The van der Waals surface area contributed by atoms with Gasteiger partial charge in [-0.2, -0.15) is 4.98 Å². The number of fused-ring (bicyclic) bond motifs is 1. The second kappa shape index (κ2) is 8.51. The number of rotatable bonds is 5. The van der Waals surface area contributed by atoms with Crippen molar-refractivity contribution in [2.75, 3.05) is 11.9 Å². The van der Waals surface area contributed by atoms with Crippen LogP contribution >= 0.6 is 0 Å². The second-order valence-electron chi connectivity index (χ2n) is 9.18. The Balaban J connectivity index is 1.79. The molecule has 0 aliphatic heterocycles. The van der Waals surface area contributed by atoms with Gasteiger partial charge in [-0.05, 0) is 51.9 Å². The lowest BCUT2D eigenvalue weighted by atomic mass is 9.86. The molecular weight excluding hydrogens is 406 g/mol. The fraction of sp³-hybridized carbons (Fsp3) is 0.179. The van der Waals surface area contributed by atoms with Gasteiger partial charge in [0.2, 0.25) is 5.62 Å². The third kappa shape index (κ3) is 4.22. The van der Waals surface area contributed by atoms with Crippen molar-refractivity contribution in [2.45, 2.75) is 26.2 Å². The van der Waals surface area contributed by atoms with E-state index in [0.717, 1.165) is 39.6 Å². The molecule has 1 heterocycles. The third-order valence-corrected chi connectivity index (χ3v) is 5.96. The number of anilines is 2. The number of nitrogens with zero attached hydrogens (tertiary/aromatic N) is 3. The molecule has 1 aromatic heterocycles. The van der Waals surface area contributed by atoms with Gasteiger partial charge in [-0.1, -0.05) is 75.9 Å². The Morgan fingerprint density at radius 2 is 1.70 bits per heavy atom. The molecule has 5 nitrogen and oxygen atoms in total. The zero-order chi connectivity index (χ0) is 23.8. The molecule has 5 heteroatoms. The highest BCUT2D eigenvalue weighted by Gasteiger charge is 2.15. The zero-order valence-corrected chi connectivity index (χ0v) is 19.6. The van der Waals surface area contributed by atoms with E-state index in [9.17, 15) is 0 Å². The number of hydrogen-bond acceptors (Lipinski definition) is 4. The minimum Gasteiger partial charge on any atom is -0.329 e. The van der Waals surface area contributed by atoms with Crippen molar-refractivity contribution < 1.29 is 0 Å². The highest BCUT2D eigenvalue weighted by molar-refractivity contribution is 5.95. The lowest BCUT2D eigenvalue weighted by Crippen LogP contribution is -2.26. The van der Waals surface area contributed by atoms with Crippen LogP contribution in [-0.2, 0) is 5.41 Å². The Labute approximate surface area is 194 Å². The summed E-state index contributed by atoms with van der Waals surface area (Å²) in [4.78, 5) is 6.52. The van der Waals surface area contributed by atoms with Gasteiger partial charge in [0.25, 0.3) is 0 Å². The van der Waals surface area contributed by atoms with Crippen LogP contribution in [0.2, 0.25) is 0 Å². The fourth-order valence-electron chi connectivity index (χ4n) is 3.96. The lowest BCUT2D eigenvalue weighted by molar-refractivity contribution is 0.590. The van der Waals surface area contributed by atoms with Crippen molar-refractivity contribution in [3.63, 3.8) is 0 Å². The van der Waals surface area contributed by atoms with Crippen LogP contribution in [0.5, 0.6) is 0 Å². The third-order valence-electron chi connectivity index (χ3n) is 5.96. The number of benzene rings is 3. The van der Waals surface area contributed by atoms with Crippen LogP contribution < -0.4 is 10.5 Å². The van der Waals surface area contributed by atoms with Gasteiger partial charge in [-0.15, -0.1) is 0 Å². The van der Waals surface area contributed by atoms with Crippen LogP contribution in [0.3, 0.4) is 0 Å². The first-order valence-electron chi connectivity index (χ1n) is 10.9. The summed E-state index contributed by atoms with van der Waals surface area (Å²) in [6.07, 6.45) is 2.88. The van der Waals surface area contributed by atoms with Crippen molar-refractivity contribution in [3.05, 3.63) is 90.1 Å². The van der Waals surface area contributed by atoms with Gasteiger partial charge in [-0.3, -0.25) is 15.4 Å².